The average Bonchev–Trinajstić information content (AvgIpc) is 3.38. The molecule has 2 aromatic carbocycles. The van der Waals surface area contributed by atoms with Gasteiger partial charge >= 0.3 is 0 Å². The van der Waals surface area contributed by atoms with Crippen molar-refractivity contribution >= 4 is 39.5 Å². The Morgan fingerprint density at radius 1 is 1.08 bits per heavy atom. The quantitative estimate of drug-likeness (QED) is 0.377. The number of benzene rings is 2. The molecule has 36 heavy (non-hydrogen) atoms. The highest BCUT2D eigenvalue weighted by atomic mass is 16.5. The van der Waals surface area contributed by atoms with E-state index in [1.54, 1.807) is 10.8 Å². The van der Waals surface area contributed by atoms with Crippen LogP contribution < -0.4 is 20.1 Å². The Morgan fingerprint density at radius 3 is 3.00 bits per heavy atom. The molecule has 0 saturated heterocycles. The van der Waals surface area contributed by atoms with E-state index in [-0.39, 0.29) is 0 Å². The number of anilines is 2. The Morgan fingerprint density at radius 2 is 2.06 bits per heavy atom. The molecule has 0 saturated carbocycles. The second kappa shape index (κ2) is 8.28. The lowest BCUT2D eigenvalue weighted by molar-refractivity contribution is -0.449. The maximum atomic E-state index is 6.25. The molecule has 3 aromatic heterocycles. The van der Waals surface area contributed by atoms with Crippen molar-refractivity contribution in [1.82, 2.24) is 29.9 Å². The lowest BCUT2D eigenvalue weighted by Crippen LogP contribution is -2.44. The van der Waals surface area contributed by atoms with Crippen molar-refractivity contribution in [2.24, 2.45) is 0 Å². The molecule has 0 unspecified atom stereocenters. The van der Waals surface area contributed by atoms with Crippen molar-refractivity contribution in [2.75, 3.05) is 31.6 Å². The van der Waals surface area contributed by atoms with Gasteiger partial charge in [0, 0.05) is 24.0 Å². The van der Waals surface area contributed by atoms with Crippen LogP contribution in [0.5, 0.6) is 17.2 Å². The highest BCUT2D eigenvalue weighted by molar-refractivity contribution is 6.00. The molecular weight excluding hydrogens is 456 g/mol. The second-order valence-electron chi connectivity index (χ2n) is 8.85. The van der Waals surface area contributed by atoms with Crippen LogP contribution in [0.4, 0.5) is 17.2 Å². The van der Waals surface area contributed by atoms with Gasteiger partial charge in [-0.2, -0.15) is 9.67 Å². The van der Waals surface area contributed by atoms with Gasteiger partial charge in [-0.25, -0.2) is 19.5 Å². The molecule has 0 amide bonds. The molecule has 2 aliphatic rings. The zero-order chi connectivity index (χ0) is 24.1. The van der Waals surface area contributed by atoms with Crippen LogP contribution in [0.15, 0.2) is 61.3 Å². The van der Waals surface area contributed by atoms with Crippen molar-refractivity contribution in [2.45, 2.75) is 6.92 Å². The Hall–Kier alpha value is -4.57. The summed E-state index contributed by atoms with van der Waals surface area (Å²) in [5.74, 6) is 3.00. The summed E-state index contributed by atoms with van der Waals surface area (Å²) < 4.78 is 16.4. The van der Waals surface area contributed by atoms with E-state index >= 15 is 0 Å². The van der Waals surface area contributed by atoms with Gasteiger partial charge in [-0.3, -0.25) is 0 Å². The average molecular weight is 480 g/mol. The van der Waals surface area contributed by atoms with Gasteiger partial charge < -0.3 is 20.1 Å². The minimum atomic E-state index is 0.555. The molecule has 10 nitrogen and oxygen atoms in total. The molecule has 2 N–H and O–H groups in total. The summed E-state index contributed by atoms with van der Waals surface area (Å²) in [5, 5.41) is 11.9. The van der Waals surface area contributed by atoms with E-state index in [2.05, 4.69) is 41.3 Å². The van der Waals surface area contributed by atoms with Crippen LogP contribution in [-0.4, -0.2) is 61.1 Å². The molecule has 0 spiro atoms. The Bertz CT molecular complexity index is 1680. The molecule has 178 valence electrons. The fourth-order valence-corrected chi connectivity index (χ4v) is 4.78. The fourth-order valence-electron chi connectivity index (χ4n) is 4.78. The first-order chi connectivity index (χ1) is 17.7. The number of nitrogens with one attached hydrogen (secondary N) is 2. The monoisotopic (exact) mass is 479 g/mol. The molecule has 0 atom stereocenters. The number of aromatic nitrogens is 5. The van der Waals surface area contributed by atoms with Gasteiger partial charge in [0.15, 0.2) is 18.8 Å². The molecule has 2 aliphatic heterocycles. The molecule has 0 radical (unpaired) electrons. The topological polar surface area (TPSA) is 102 Å². The lowest BCUT2D eigenvalue weighted by atomic mass is 10.1. The molecule has 10 heteroatoms. The third-order valence-electron chi connectivity index (χ3n) is 6.55. The van der Waals surface area contributed by atoms with E-state index in [1.165, 1.54) is 12.0 Å². The van der Waals surface area contributed by atoms with Crippen molar-refractivity contribution in [1.29, 1.82) is 0 Å². The largest absolute Gasteiger partial charge is 0.475 e. The molecule has 7 rings (SSSR count). The van der Waals surface area contributed by atoms with Crippen molar-refractivity contribution in [3.8, 4) is 17.2 Å². The van der Waals surface area contributed by atoms with Gasteiger partial charge in [0.2, 0.25) is 17.1 Å². The van der Waals surface area contributed by atoms with E-state index in [4.69, 9.17) is 9.47 Å². The fraction of sp³-hybridized carbons (Fsp3) is 0.192. The van der Waals surface area contributed by atoms with E-state index in [0.717, 1.165) is 64.6 Å². The third kappa shape index (κ3) is 3.50. The first-order valence-electron chi connectivity index (χ1n) is 11.8. The van der Waals surface area contributed by atoms with Crippen molar-refractivity contribution in [3.63, 3.8) is 0 Å². The summed E-state index contributed by atoms with van der Waals surface area (Å²) in [6, 6.07) is 13.8. The Kier molecular flexibility index (Phi) is 4.78. The van der Waals surface area contributed by atoms with Crippen LogP contribution in [0.25, 0.3) is 16.6 Å². The molecule has 0 fully saturated rings. The maximum Gasteiger partial charge on any atom is 0.248 e. The summed E-state index contributed by atoms with van der Waals surface area (Å²) in [4.78, 5) is 13.3. The molecule has 0 aliphatic carbocycles. The predicted octanol–water partition coefficient (Wildman–Crippen LogP) is 3.60. The van der Waals surface area contributed by atoms with Crippen LogP contribution in [0.1, 0.15) is 5.56 Å². The van der Waals surface area contributed by atoms with Gasteiger partial charge in [0.25, 0.3) is 0 Å². The highest BCUT2D eigenvalue weighted by Crippen LogP contribution is 2.41. The van der Waals surface area contributed by atoms with Gasteiger partial charge in [-0.1, -0.05) is 0 Å². The number of aryl methyl sites for hydroxylation is 1. The standard InChI is InChI=1S/C26H23N8O2/c1-16-10-17(2-5-22(16)36-19-6-8-34-23(11-19)29-15-31-34)32-26-24-20(28-14-30-26)3-4-21-25(24)35-13-18-12-27-7-9-33(18)21/h2-6,8,10-11,14-15,27H,7,9,12-13H2,1H3,(H,28,30,32)/q+1. The van der Waals surface area contributed by atoms with Crippen LogP contribution in [-0.2, 0) is 0 Å². The van der Waals surface area contributed by atoms with Crippen molar-refractivity contribution in [3.05, 3.63) is 66.9 Å². The number of hydrogen-bond acceptors (Lipinski definition) is 8. The minimum absolute atomic E-state index is 0.555. The third-order valence-corrected chi connectivity index (χ3v) is 6.55. The number of nitrogens with zero attached hydrogens (tertiary/aromatic N) is 6. The van der Waals surface area contributed by atoms with Crippen LogP contribution in [0, 0.1) is 6.92 Å². The number of rotatable bonds is 4. The first-order valence-corrected chi connectivity index (χ1v) is 11.8. The molecule has 0 bridgehead atoms. The summed E-state index contributed by atoms with van der Waals surface area (Å²) in [7, 11) is 0. The predicted molar refractivity (Wildman–Crippen MR) is 135 cm³/mol. The van der Waals surface area contributed by atoms with Gasteiger partial charge in [-0.05, 0) is 42.8 Å². The zero-order valence-corrected chi connectivity index (χ0v) is 19.6. The molecule has 5 aromatic rings. The number of ether oxygens (including phenoxy) is 2. The SMILES string of the molecule is Cc1cc(Nc2ncnc3ccc4c(c23)OCC2=[N+]4CCNC2)ccc1Oc1ccn2ncnc2c1. The summed E-state index contributed by atoms with van der Waals surface area (Å²) in [5.41, 5.74) is 5.76. The first kappa shape index (κ1) is 20.8. The highest BCUT2D eigenvalue weighted by Gasteiger charge is 2.32. The van der Waals surface area contributed by atoms with Crippen LogP contribution in [0.3, 0.4) is 0 Å². The van der Waals surface area contributed by atoms with Crippen LogP contribution in [0.2, 0.25) is 0 Å². The van der Waals surface area contributed by atoms with Gasteiger partial charge in [-0.15, -0.1) is 0 Å². The summed E-state index contributed by atoms with van der Waals surface area (Å²) in [6.07, 6.45) is 4.92. The summed E-state index contributed by atoms with van der Waals surface area (Å²) in [6.45, 7) is 5.27. The number of fused-ring (bicyclic) bond motifs is 5. The van der Waals surface area contributed by atoms with E-state index < -0.39 is 0 Å². The minimum Gasteiger partial charge on any atom is -0.475 e. The van der Waals surface area contributed by atoms with Gasteiger partial charge in [0.1, 0.15) is 30.0 Å². The normalized spacial score (nSPS) is 14.9. The Labute approximate surface area is 206 Å². The van der Waals surface area contributed by atoms with E-state index in [1.807, 2.05) is 49.5 Å². The Balaban J connectivity index is 1.21. The number of pyridine rings is 1. The van der Waals surface area contributed by atoms with E-state index in [9.17, 15) is 0 Å². The molecule has 5 heterocycles. The molecular formula is C26H23N8O2+. The maximum absolute atomic E-state index is 6.25. The van der Waals surface area contributed by atoms with E-state index in [0.29, 0.717) is 18.2 Å². The number of hydrogen-bond donors (Lipinski definition) is 2. The smallest absolute Gasteiger partial charge is 0.248 e. The lowest BCUT2D eigenvalue weighted by Gasteiger charge is -2.23. The second-order valence-corrected chi connectivity index (χ2v) is 8.85. The summed E-state index contributed by atoms with van der Waals surface area (Å²) >= 11 is 0. The van der Waals surface area contributed by atoms with Gasteiger partial charge in [0.05, 0.1) is 24.0 Å². The van der Waals surface area contributed by atoms with Crippen molar-refractivity contribution < 1.29 is 14.0 Å². The van der Waals surface area contributed by atoms with Crippen LogP contribution >= 0.6 is 0 Å². The zero-order valence-electron chi connectivity index (χ0n) is 19.6.